The van der Waals surface area contributed by atoms with Crippen LogP contribution in [0.2, 0.25) is 0 Å². The van der Waals surface area contributed by atoms with E-state index < -0.39 is 0 Å². The summed E-state index contributed by atoms with van der Waals surface area (Å²) in [5.41, 5.74) is 5.03. The molecule has 1 aromatic rings. The van der Waals surface area contributed by atoms with E-state index in [0.717, 1.165) is 11.1 Å². The summed E-state index contributed by atoms with van der Waals surface area (Å²) >= 11 is 0. The van der Waals surface area contributed by atoms with E-state index in [1.807, 2.05) is 6.92 Å². The van der Waals surface area contributed by atoms with Gasteiger partial charge in [0.15, 0.2) is 5.78 Å². The number of fused-ring (bicyclic) bond motifs is 1. The summed E-state index contributed by atoms with van der Waals surface area (Å²) in [5, 5.41) is 0. The number of ketones is 1. The van der Waals surface area contributed by atoms with Gasteiger partial charge in [0.25, 0.3) is 0 Å². The number of rotatable bonds is 1. The highest BCUT2D eigenvalue weighted by Crippen LogP contribution is 2.46. The summed E-state index contributed by atoms with van der Waals surface area (Å²) in [4.78, 5) is 11.6. The maximum atomic E-state index is 11.6. The molecule has 2 rings (SSSR count). The van der Waals surface area contributed by atoms with Gasteiger partial charge in [-0.1, -0.05) is 26.8 Å². The maximum absolute atomic E-state index is 11.6. The van der Waals surface area contributed by atoms with Crippen molar-refractivity contribution in [1.82, 2.24) is 0 Å². The summed E-state index contributed by atoms with van der Waals surface area (Å²) in [5.74, 6) is 0.792. The van der Waals surface area contributed by atoms with E-state index in [4.69, 9.17) is 0 Å². The predicted molar refractivity (Wildman–Crippen MR) is 67.2 cm³/mol. The van der Waals surface area contributed by atoms with Crippen molar-refractivity contribution < 1.29 is 4.79 Å². The number of benzene rings is 1. The lowest BCUT2D eigenvalue weighted by Crippen LogP contribution is -2.13. The lowest BCUT2D eigenvalue weighted by molar-refractivity contribution is 0.101. The second kappa shape index (κ2) is 3.44. The van der Waals surface area contributed by atoms with E-state index in [9.17, 15) is 4.79 Å². The molecular formula is C15H20O. The minimum absolute atomic E-state index is 0.177. The van der Waals surface area contributed by atoms with Gasteiger partial charge in [-0.05, 0) is 54.4 Å². The summed E-state index contributed by atoms with van der Waals surface area (Å²) in [7, 11) is 0. The third kappa shape index (κ3) is 1.59. The molecule has 86 valence electrons. The molecule has 1 aliphatic rings. The van der Waals surface area contributed by atoms with E-state index in [0.29, 0.717) is 5.92 Å². The van der Waals surface area contributed by atoms with Crippen LogP contribution in [0.4, 0.5) is 0 Å². The molecular weight excluding hydrogens is 196 g/mol. The van der Waals surface area contributed by atoms with Crippen molar-refractivity contribution in [2.45, 2.75) is 52.4 Å². The second-order valence-electron chi connectivity index (χ2n) is 5.80. The molecule has 1 nitrogen and oxygen atoms in total. The van der Waals surface area contributed by atoms with Gasteiger partial charge in [-0.3, -0.25) is 4.79 Å². The lowest BCUT2D eigenvalue weighted by Gasteiger charge is -2.20. The van der Waals surface area contributed by atoms with Gasteiger partial charge < -0.3 is 0 Å². The number of carbonyl (C=O) groups is 1. The van der Waals surface area contributed by atoms with Gasteiger partial charge in [-0.15, -0.1) is 0 Å². The van der Waals surface area contributed by atoms with Gasteiger partial charge in [0.2, 0.25) is 0 Å². The fourth-order valence-corrected chi connectivity index (χ4v) is 3.09. The first-order chi connectivity index (χ1) is 7.33. The van der Waals surface area contributed by atoms with Crippen molar-refractivity contribution >= 4 is 5.78 Å². The van der Waals surface area contributed by atoms with E-state index >= 15 is 0 Å². The summed E-state index contributed by atoms with van der Waals surface area (Å²) in [6, 6.07) is 4.34. The van der Waals surface area contributed by atoms with Crippen molar-refractivity contribution in [3.8, 4) is 0 Å². The van der Waals surface area contributed by atoms with Gasteiger partial charge in [-0.25, -0.2) is 0 Å². The topological polar surface area (TPSA) is 17.1 Å². The Bertz CT molecular complexity index is 455. The highest BCUT2D eigenvalue weighted by molar-refractivity contribution is 5.96. The molecule has 0 fully saturated rings. The van der Waals surface area contributed by atoms with E-state index in [2.05, 4.69) is 32.9 Å². The Morgan fingerprint density at radius 2 is 2.00 bits per heavy atom. The molecule has 0 bridgehead atoms. The first-order valence-corrected chi connectivity index (χ1v) is 5.99. The highest BCUT2D eigenvalue weighted by Gasteiger charge is 2.35. The quantitative estimate of drug-likeness (QED) is 0.649. The number of hydrogen-bond acceptors (Lipinski definition) is 1. The third-order valence-corrected chi connectivity index (χ3v) is 3.85. The standard InChI is InChI=1S/C15H20O/c1-9-6-13-10(2)8-15(4,5)14(13)7-12(9)11(3)16/h6-7,10H,8H2,1-5H3/t10-/m0/s1. The van der Waals surface area contributed by atoms with Crippen LogP contribution in [-0.2, 0) is 5.41 Å². The summed E-state index contributed by atoms with van der Waals surface area (Å²) in [6.45, 7) is 10.5. The Morgan fingerprint density at radius 1 is 1.38 bits per heavy atom. The molecule has 0 saturated carbocycles. The molecule has 1 aliphatic carbocycles. The fourth-order valence-electron chi connectivity index (χ4n) is 3.09. The van der Waals surface area contributed by atoms with Gasteiger partial charge in [0, 0.05) is 5.56 Å². The second-order valence-corrected chi connectivity index (χ2v) is 5.80. The maximum Gasteiger partial charge on any atom is 0.160 e. The van der Waals surface area contributed by atoms with E-state index in [-0.39, 0.29) is 11.2 Å². The third-order valence-electron chi connectivity index (χ3n) is 3.85. The molecule has 0 spiro atoms. The monoisotopic (exact) mass is 216 g/mol. The normalized spacial score (nSPS) is 21.9. The molecule has 0 aromatic heterocycles. The molecule has 0 saturated heterocycles. The van der Waals surface area contributed by atoms with Crippen LogP contribution in [0.1, 0.15) is 67.1 Å². The van der Waals surface area contributed by atoms with Gasteiger partial charge in [0.05, 0.1) is 0 Å². The minimum Gasteiger partial charge on any atom is -0.295 e. The van der Waals surface area contributed by atoms with Crippen molar-refractivity contribution in [3.63, 3.8) is 0 Å². The molecule has 1 aromatic carbocycles. The number of hydrogen-bond donors (Lipinski definition) is 0. The largest absolute Gasteiger partial charge is 0.295 e. The highest BCUT2D eigenvalue weighted by atomic mass is 16.1. The molecule has 0 unspecified atom stereocenters. The molecule has 0 radical (unpaired) electrons. The molecule has 0 N–H and O–H groups in total. The minimum atomic E-state index is 0.177. The zero-order valence-electron chi connectivity index (χ0n) is 10.8. The molecule has 1 atom stereocenters. The van der Waals surface area contributed by atoms with Crippen LogP contribution >= 0.6 is 0 Å². The van der Waals surface area contributed by atoms with Gasteiger partial charge in [0.1, 0.15) is 0 Å². The average Bonchev–Trinajstić information content (AvgIpc) is 2.35. The predicted octanol–water partition coefficient (Wildman–Crippen LogP) is 3.98. The number of carbonyl (C=O) groups excluding carboxylic acids is 1. The fraction of sp³-hybridized carbons (Fsp3) is 0.533. The molecule has 0 heterocycles. The van der Waals surface area contributed by atoms with Crippen LogP contribution in [0.15, 0.2) is 12.1 Å². The smallest absolute Gasteiger partial charge is 0.160 e. The number of Topliss-reactive ketones (excluding diaryl/α,β-unsaturated/α-hetero) is 1. The molecule has 1 heteroatoms. The Balaban J connectivity index is 2.66. The zero-order chi connectivity index (χ0) is 12.1. The Kier molecular flexibility index (Phi) is 2.45. The van der Waals surface area contributed by atoms with E-state index in [1.165, 1.54) is 17.5 Å². The van der Waals surface area contributed by atoms with Crippen LogP contribution in [-0.4, -0.2) is 5.78 Å². The lowest BCUT2D eigenvalue weighted by atomic mass is 9.84. The van der Waals surface area contributed by atoms with Gasteiger partial charge >= 0.3 is 0 Å². The van der Waals surface area contributed by atoms with E-state index in [1.54, 1.807) is 6.92 Å². The summed E-state index contributed by atoms with van der Waals surface area (Å²) < 4.78 is 0. The average molecular weight is 216 g/mol. The Morgan fingerprint density at radius 3 is 2.56 bits per heavy atom. The molecule has 0 amide bonds. The Labute approximate surface area is 97.9 Å². The Hall–Kier alpha value is -1.11. The molecule has 16 heavy (non-hydrogen) atoms. The van der Waals surface area contributed by atoms with Crippen LogP contribution in [0, 0.1) is 6.92 Å². The first-order valence-electron chi connectivity index (χ1n) is 5.99. The van der Waals surface area contributed by atoms with Crippen LogP contribution < -0.4 is 0 Å². The first kappa shape index (κ1) is 11.4. The molecule has 0 aliphatic heterocycles. The van der Waals surface area contributed by atoms with Crippen molar-refractivity contribution in [2.75, 3.05) is 0 Å². The van der Waals surface area contributed by atoms with Crippen LogP contribution in [0.25, 0.3) is 0 Å². The van der Waals surface area contributed by atoms with Crippen LogP contribution in [0.3, 0.4) is 0 Å². The van der Waals surface area contributed by atoms with Crippen molar-refractivity contribution in [1.29, 1.82) is 0 Å². The summed E-state index contributed by atoms with van der Waals surface area (Å²) in [6.07, 6.45) is 1.18. The SMILES string of the molecule is CC(=O)c1cc2c(cc1C)[C@@H](C)CC2(C)C. The number of aryl methyl sites for hydroxylation is 1. The van der Waals surface area contributed by atoms with Crippen LogP contribution in [0.5, 0.6) is 0 Å². The van der Waals surface area contributed by atoms with Crippen molar-refractivity contribution in [2.24, 2.45) is 0 Å². The zero-order valence-corrected chi connectivity index (χ0v) is 10.8. The van der Waals surface area contributed by atoms with Crippen molar-refractivity contribution in [3.05, 3.63) is 34.4 Å². The van der Waals surface area contributed by atoms with Gasteiger partial charge in [-0.2, -0.15) is 0 Å².